The van der Waals surface area contributed by atoms with Crippen molar-refractivity contribution >= 4 is 21.4 Å². The van der Waals surface area contributed by atoms with Gasteiger partial charge in [-0.3, -0.25) is 0 Å². The molecule has 0 atom stereocenters. The van der Waals surface area contributed by atoms with Gasteiger partial charge in [0.15, 0.2) is 0 Å². The summed E-state index contributed by atoms with van der Waals surface area (Å²) in [5.74, 6) is 0. The monoisotopic (exact) mass is 197 g/mol. The number of hydrogen-bond donors (Lipinski definition) is 0. The van der Waals surface area contributed by atoms with Gasteiger partial charge < -0.3 is 0 Å². The topological polar surface area (TPSA) is 30.2 Å². The van der Waals surface area contributed by atoms with Gasteiger partial charge in [0.1, 0.15) is 6.33 Å². The van der Waals surface area contributed by atoms with Gasteiger partial charge in [0.05, 0.1) is 11.7 Å². The lowest BCUT2D eigenvalue weighted by Gasteiger charge is -1.86. The van der Waals surface area contributed by atoms with Crippen molar-refractivity contribution in [3.63, 3.8) is 0 Å². The number of nitrogens with zero attached hydrogens (tertiary/aromatic N) is 3. The molecule has 0 aliphatic rings. The van der Waals surface area contributed by atoms with Crippen LogP contribution in [-0.4, -0.2) is 14.6 Å². The van der Waals surface area contributed by atoms with Gasteiger partial charge in [0.2, 0.25) is 0 Å². The lowest BCUT2D eigenvalue weighted by Crippen LogP contribution is -1.87. The van der Waals surface area contributed by atoms with Crippen LogP contribution in [0.25, 0.3) is 5.52 Å². The molecule has 50 valence electrons. The van der Waals surface area contributed by atoms with E-state index >= 15 is 0 Å². The molecule has 0 aliphatic carbocycles. The van der Waals surface area contributed by atoms with Crippen LogP contribution < -0.4 is 0 Å². The Morgan fingerprint density at radius 3 is 3.20 bits per heavy atom. The molecule has 2 aromatic heterocycles. The van der Waals surface area contributed by atoms with E-state index in [1.165, 1.54) is 6.33 Å². The molecule has 3 nitrogen and oxygen atoms in total. The van der Waals surface area contributed by atoms with E-state index in [9.17, 15) is 0 Å². The lowest BCUT2D eigenvalue weighted by molar-refractivity contribution is 0.902. The van der Waals surface area contributed by atoms with Crippen LogP contribution in [0.5, 0.6) is 0 Å². The molecule has 0 bridgehead atoms. The van der Waals surface area contributed by atoms with Gasteiger partial charge in [0, 0.05) is 10.7 Å². The molecule has 2 heterocycles. The molecule has 0 saturated carbocycles. The van der Waals surface area contributed by atoms with Gasteiger partial charge in [-0.2, -0.15) is 5.10 Å². The highest BCUT2D eigenvalue weighted by Crippen LogP contribution is 2.12. The maximum Gasteiger partial charge on any atom is 0.136 e. The Morgan fingerprint density at radius 1 is 1.50 bits per heavy atom. The first-order valence-corrected chi connectivity index (χ1v) is 3.59. The quantitative estimate of drug-likeness (QED) is 0.641. The predicted octanol–water partition coefficient (Wildman–Crippen LogP) is 1.49. The van der Waals surface area contributed by atoms with Crippen LogP contribution in [0.1, 0.15) is 0 Å². The third kappa shape index (κ3) is 0.806. The van der Waals surface area contributed by atoms with Gasteiger partial charge in [-0.05, 0) is 22.0 Å². The predicted molar refractivity (Wildman–Crippen MR) is 40.7 cm³/mol. The van der Waals surface area contributed by atoms with E-state index < -0.39 is 0 Å². The van der Waals surface area contributed by atoms with Crippen molar-refractivity contribution in [1.82, 2.24) is 14.6 Å². The van der Waals surface area contributed by atoms with Crippen molar-refractivity contribution in [2.24, 2.45) is 0 Å². The summed E-state index contributed by atoms with van der Waals surface area (Å²) in [6.07, 6.45) is 5.16. The first kappa shape index (κ1) is 5.85. The summed E-state index contributed by atoms with van der Waals surface area (Å²) in [7, 11) is 0. The molecule has 2 rings (SSSR count). The van der Waals surface area contributed by atoms with Crippen molar-refractivity contribution in [3.8, 4) is 0 Å². The van der Waals surface area contributed by atoms with Crippen LogP contribution in [0.3, 0.4) is 0 Å². The summed E-state index contributed by atoms with van der Waals surface area (Å²) < 4.78 is 2.78. The molecule has 0 radical (unpaired) electrons. The second kappa shape index (κ2) is 2.05. The first-order chi connectivity index (χ1) is 4.86. The second-order valence-electron chi connectivity index (χ2n) is 1.94. The van der Waals surface area contributed by atoms with Gasteiger partial charge in [-0.15, -0.1) is 0 Å². The molecule has 2 aromatic rings. The van der Waals surface area contributed by atoms with E-state index in [2.05, 4.69) is 26.0 Å². The molecule has 10 heavy (non-hydrogen) atoms. The Morgan fingerprint density at radius 2 is 2.40 bits per heavy atom. The largest absolute Gasteiger partial charge is 0.241 e. The summed E-state index contributed by atoms with van der Waals surface area (Å²) in [6, 6.07) is 1.96. The summed E-state index contributed by atoms with van der Waals surface area (Å²) in [5.41, 5.74) is 0.995. The number of hydrogen-bond acceptors (Lipinski definition) is 2. The summed E-state index contributed by atoms with van der Waals surface area (Å²) in [4.78, 5) is 3.87. The van der Waals surface area contributed by atoms with Crippen molar-refractivity contribution < 1.29 is 0 Å². The summed E-state index contributed by atoms with van der Waals surface area (Å²) >= 11 is 3.34. The molecule has 0 aromatic carbocycles. The van der Waals surface area contributed by atoms with Gasteiger partial charge in [-0.1, -0.05) is 0 Å². The van der Waals surface area contributed by atoms with E-state index in [-0.39, 0.29) is 0 Å². The van der Waals surface area contributed by atoms with Gasteiger partial charge in [-0.25, -0.2) is 9.50 Å². The molecule has 0 saturated heterocycles. The van der Waals surface area contributed by atoms with E-state index in [0.717, 1.165) is 9.99 Å². The van der Waals surface area contributed by atoms with E-state index in [1.807, 2.05) is 12.3 Å². The van der Waals surface area contributed by atoms with E-state index in [4.69, 9.17) is 0 Å². The third-order valence-electron chi connectivity index (χ3n) is 1.25. The Bertz CT molecular complexity index is 322. The molecule has 4 heteroatoms. The average Bonchev–Trinajstić information content (AvgIpc) is 2.27. The highest BCUT2D eigenvalue weighted by atomic mass is 79.9. The highest BCUT2D eigenvalue weighted by Gasteiger charge is 1.93. The van der Waals surface area contributed by atoms with Crippen molar-refractivity contribution in [1.29, 1.82) is 0 Å². The second-order valence-corrected chi connectivity index (χ2v) is 2.85. The minimum atomic E-state index is 0.995. The van der Waals surface area contributed by atoms with Crippen molar-refractivity contribution in [2.75, 3.05) is 0 Å². The zero-order chi connectivity index (χ0) is 6.97. The van der Waals surface area contributed by atoms with Crippen molar-refractivity contribution in [2.45, 2.75) is 0 Å². The van der Waals surface area contributed by atoms with Crippen LogP contribution >= 0.6 is 15.9 Å². The van der Waals surface area contributed by atoms with Crippen LogP contribution in [0.15, 0.2) is 29.3 Å². The molecular weight excluding hydrogens is 194 g/mol. The van der Waals surface area contributed by atoms with Crippen LogP contribution in [-0.2, 0) is 0 Å². The van der Waals surface area contributed by atoms with Crippen LogP contribution in [0.2, 0.25) is 0 Å². The maximum absolute atomic E-state index is 3.98. The SMILES string of the molecule is Brc1cc2cncnn2c1. The van der Waals surface area contributed by atoms with E-state index in [1.54, 1.807) is 10.7 Å². The molecule has 0 N–H and O–H groups in total. The Hall–Kier alpha value is -0.900. The summed E-state index contributed by atoms with van der Waals surface area (Å²) in [5, 5.41) is 3.98. The van der Waals surface area contributed by atoms with E-state index in [0.29, 0.717) is 0 Å². The minimum Gasteiger partial charge on any atom is -0.241 e. The normalized spacial score (nSPS) is 10.5. The Labute approximate surface area is 65.8 Å². The molecule has 0 unspecified atom stereocenters. The zero-order valence-electron chi connectivity index (χ0n) is 5.03. The number of halogens is 1. The fraction of sp³-hybridized carbons (Fsp3) is 0. The first-order valence-electron chi connectivity index (χ1n) is 2.80. The third-order valence-corrected chi connectivity index (χ3v) is 1.68. The minimum absolute atomic E-state index is 0.995. The smallest absolute Gasteiger partial charge is 0.136 e. The van der Waals surface area contributed by atoms with Crippen molar-refractivity contribution in [3.05, 3.63) is 29.3 Å². The number of rotatable bonds is 0. The zero-order valence-corrected chi connectivity index (χ0v) is 6.62. The fourth-order valence-electron chi connectivity index (χ4n) is 0.828. The average molecular weight is 198 g/mol. The fourth-order valence-corrected chi connectivity index (χ4v) is 1.26. The van der Waals surface area contributed by atoms with Crippen LogP contribution in [0.4, 0.5) is 0 Å². The molecule has 0 fully saturated rings. The molecular formula is C6H4BrN3. The van der Waals surface area contributed by atoms with Crippen LogP contribution in [0, 0.1) is 0 Å². The lowest BCUT2D eigenvalue weighted by atomic mass is 10.5. The highest BCUT2D eigenvalue weighted by molar-refractivity contribution is 9.10. The standard InChI is InChI=1S/C6H4BrN3/c7-5-1-6-2-8-4-9-10(6)3-5/h1-4H. The molecule has 0 aliphatic heterocycles. The Balaban J connectivity index is 2.88. The molecule has 0 spiro atoms. The molecule has 0 amide bonds. The number of aromatic nitrogens is 3. The van der Waals surface area contributed by atoms with Gasteiger partial charge >= 0.3 is 0 Å². The Kier molecular flexibility index (Phi) is 1.20. The number of fused-ring (bicyclic) bond motifs is 1. The maximum atomic E-state index is 3.98. The van der Waals surface area contributed by atoms with Gasteiger partial charge in [0.25, 0.3) is 0 Å². The summed E-state index contributed by atoms with van der Waals surface area (Å²) in [6.45, 7) is 0.